The molecule has 0 spiro atoms. The van der Waals surface area contributed by atoms with Crippen LogP contribution in [-0.4, -0.2) is 42.1 Å². The van der Waals surface area contributed by atoms with E-state index in [-0.39, 0.29) is 13.0 Å². The van der Waals surface area contributed by atoms with Crippen LogP contribution in [0.5, 0.6) is 0 Å². The van der Waals surface area contributed by atoms with Crippen molar-refractivity contribution in [2.24, 2.45) is 0 Å². The number of aliphatic carboxylic acids is 1. The highest BCUT2D eigenvalue weighted by atomic mass is 32.2. The predicted molar refractivity (Wildman–Crippen MR) is 53.5 cm³/mol. The van der Waals surface area contributed by atoms with Crippen molar-refractivity contribution in [2.45, 2.75) is 25.5 Å². The van der Waals surface area contributed by atoms with Gasteiger partial charge in [0.05, 0.1) is 6.07 Å². The molecule has 6 nitrogen and oxygen atoms in total. The number of hydrogen-bond acceptors (Lipinski definition) is 4. The molecule has 0 aromatic heterocycles. The molecule has 0 fully saturated rings. The molecule has 7 heteroatoms. The zero-order valence-corrected chi connectivity index (χ0v) is 9.49. The maximum atomic E-state index is 11.7. The number of carbonyl (C=O) groups is 1. The van der Waals surface area contributed by atoms with E-state index >= 15 is 0 Å². The van der Waals surface area contributed by atoms with E-state index in [2.05, 4.69) is 0 Å². The van der Waals surface area contributed by atoms with Gasteiger partial charge in [-0.2, -0.15) is 9.57 Å². The van der Waals surface area contributed by atoms with E-state index in [1.165, 1.54) is 6.92 Å². The standard InChI is InChI=1S/C8H14N2O4S/c1-3-7(5-9)15(13,14)10(4-2)6-8(11)12/h7H,3-4,6H2,1-2H3,(H,11,12). The lowest BCUT2D eigenvalue weighted by molar-refractivity contribution is -0.137. The summed E-state index contributed by atoms with van der Waals surface area (Å²) in [7, 11) is -3.82. The van der Waals surface area contributed by atoms with E-state index in [0.717, 1.165) is 4.31 Å². The van der Waals surface area contributed by atoms with Crippen LogP contribution in [-0.2, 0) is 14.8 Å². The molecule has 0 bridgehead atoms. The summed E-state index contributed by atoms with van der Waals surface area (Å²) in [6, 6.07) is 1.66. The van der Waals surface area contributed by atoms with Gasteiger partial charge >= 0.3 is 5.97 Å². The van der Waals surface area contributed by atoms with Crippen LogP contribution < -0.4 is 0 Å². The third-order valence-corrected chi connectivity index (χ3v) is 4.16. The van der Waals surface area contributed by atoms with Crippen LogP contribution in [0.1, 0.15) is 20.3 Å². The first-order valence-corrected chi connectivity index (χ1v) is 6.00. The fourth-order valence-corrected chi connectivity index (χ4v) is 2.65. The van der Waals surface area contributed by atoms with E-state index in [0.29, 0.717) is 0 Å². The Kier molecular flexibility index (Phi) is 5.25. The largest absolute Gasteiger partial charge is 0.480 e. The second kappa shape index (κ2) is 5.68. The minimum Gasteiger partial charge on any atom is -0.480 e. The van der Waals surface area contributed by atoms with Gasteiger partial charge in [0.25, 0.3) is 0 Å². The molecule has 0 saturated carbocycles. The van der Waals surface area contributed by atoms with Crippen LogP contribution >= 0.6 is 0 Å². The second-order valence-electron chi connectivity index (χ2n) is 2.89. The van der Waals surface area contributed by atoms with Crippen LogP contribution in [0.4, 0.5) is 0 Å². The summed E-state index contributed by atoms with van der Waals surface area (Å²) >= 11 is 0. The average molecular weight is 234 g/mol. The van der Waals surface area contributed by atoms with E-state index in [1.807, 2.05) is 0 Å². The quantitative estimate of drug-likeness (QED) is 0.698. The van der Waals surface area contributed by atoms with E-state index < -0.39 is 27.8 Å². The molecule has 0 aliphatic heterocycles. The van der Waals surface area contributed by atoms with Crippen molar-refractivity contribution in [1.29, 1.82) is 5.26 Å². The van der Waals surface area contributed by atoms with Crippen molar-refractivity contribution in [2.75, 3.05) is 13.1 Å². The van der Waals surface area contributed by atoms with Crippen molar-refractivity contribution in [1.82, 2.24) is 4.31 Å². The van der Waals surface area contributed by atoms with Crippen molar-refractivity contribution >= 4 is 16.0 Å². The number of carboxylic acids is 1. The van der Waals surface area contributed by atoms with Crippen LogP contribution in [0.2, 0.25) is 0 Å². The van der Waals surface area contributed by atoms with Crippen LogP contribution in [0, 0.1) is 11.3 Å². The summed E-state index contributed by atoms with van der Waals surface area (Å²) in [6.45, 7) is 2.55. The summed E-state index contributed by atoms with van der Waals surface area (Å²) in [5, 5.41) is 16.0. The molecule has 0 aliphatic carbocycles. The Morgan fingerprint density at radius 1 is 1.53 bits per heavy atom. The minimum atomic E-state index is -3.82. The number of carboxylic acid groups (broad SMARTS) is 1. The third kappa shape index (κ3) is 3.49. The maximum Gasteiger partial charge on any atom is 0.318 e. The third-order valence-electron chi connectivity index (χ3n) is 1.90. The Balaban J connectivity index is 4.98. The molecule has 0 radical (unpaired) electrons. The van der Waals surface area contributed by atoms with Crippen LogP contribution in [0.15, 0.2) is 0 Å². The Hall–Kier alpha value is -1.13. The number of hydrogen-bond donors (Lipinski definition) is 1. The molecule has 0 aromatic carbocycles. The van der Waals surface area contributed by atoms with Gasteiger partial charge in [0, 0.05) is 6.54 Å². The molecule has 0 saturated heterocycles. The highest BCUT2D eigenvalue weighted by Gasteiger charge is 2.31. The Morgan fingerprint density at radius 3 is 2.33 bits per heavy atom. The molecule has 1 atom stereocenters. The topological polar surface area (TPSA) is 98.5 Å². The van der Waals surface area contributed by atoms with E-state index in [1.54, 1.807) is 13.0 Å². The fraction of sp³-hybridized carbons (Fsp3) is 0.750. The molecule has 1 N–H and O–H groups in total. The summed E-state index contributed by atoms with van der Waals surface area (Å²) < 4.78 is 24.2. The van der Waals surface area contributed by atoms with Gasteiger partial charge in [0.1, 0.15) is 6.54 Å². The van der Waals surface area contributed by atoms with Gasteiger partial charge < -0.3 is 5.11 Å². The van der Waals surface area contributed by atoms with Crippen molar-refractivity contribution in [3.8, 4) is 6.07 Å². The SMILES string of the molecule is CCC(C#N)S(=O)(=O)N(CC)CC(=O)O. The summed E-state index contributed by atoms with van der Waals surface area (Å²) in [5.74, 6) is -1.23. The summed E-state index contributed by atoms with van der Waals surface area (Å²) in [6.07, 6.45) is 0.148. The Labute approximate surface area is 89.2 Å². The predicted octanol–water partition coefficient (Wildman–Crippen LogP) is 0.0249. The number of rotatable bonds is 6. The molecule has 15 heavy (non-hydrogen) atoms. The normalized spacial score (nSPS) is 13.5. The molecular formula is C8H14N2O4S. The van der Waals surface area contributed by atoms with Crippen molar-refractivity contribution < 1.29 is 18.3 Å². The number of nitriles is 1. The monoisotopic (exact) mass is 234 g/mol. The first-order valence-electron chi connectivity index (χ1n) is 4.50. The van der Waals surface area contributed by atoms with Gasteiger partial charge in [-0.15, -0.1) is 0 Å². The Morgan fingerprint density at radius 2 is 2.07 bits per heavy atom. The van der Waals surface area contributed by atoms with Crippen LogP contribution in [0.3, 0.4) is 0 Å². The molecule has 86 valence electrons. The van der Waals surface area contributed by atoms with Crippen molar-refractivity contribution in [3.05, 3.63) is 0 Å². The van der Waals surface area contributed by atoms with Gasteiger partial charge in [-0.1, -0.05) is 13.8 Å². The first kappa shape index (κ1) is 13.9. The van der Waals surface area contributed by atoms with Gasteiger partial charge in [-0.25, -0.2) is 8.42 Å². The molecular weight excluding hydrogens is 220 g/mol. The molecule has 1 unspecified atom stereocenters. The molecule has 0 aromatic rings. The summed E-state index contributed by atoms with van der Waals surface area (Å²) in [4.78, 5) is 10.4. The lowest BCUT2D eigenvalue weighted by Crippen LogP contribution is -2.40. The zero-order valence-electron chi connectivity index (χ0n) is 8.67. The lowest BCUT2D eigenvalue weighted by Gasteiger charge is -2.20. The maximum absolute atomic E-state index is 11.7. The average Bonchev–Trinajstić information content (AvgIpc) is 2.15. The molecule has 0 aliphatic rings. The number of likely N-dealkylation sites (N-methyl/N-ethyl adjacent to an activating group) is 1. The number of sulfonamides is 1. The van der Waals surface area contributed by atoms with Gasteiger partial charge in [-0.05, 0) is 6.42 Å². The lowest BCUT2D eigenvalue weighted by atomic mass is 10.4. The Bertz CT molecular complexity index is 357. The van der Waals surface area contributed by atoms with Gasteiger partial charge in [0.15, 0.2) is 5.25 Å². The van der Waals surface area contributed by atoms with Gasteiger partial charge in [0.2, 0.25) is 10.0 Å². The van der Waals surface area contributed by atoms with E-state index in [9.17, 15) is 13.2 Å². The highest BCUT2D eigenvalue weighted by Crippen LogP contribution is 2.11. The first-order chi connectivity index (χ1) is 6.89. The molecule has 0 rings (SSSR count). The number of nitrogens with zero attached hydrogens (tertiary/aromatic N) is 2. The fourth-order valence-electron chi connectivity index (χ4n) is 1.08. The zero-order chi connectivity index (χ0) is 12.1. The minimum absolute atomic E-state index is 0.0484. The van der Waals surface area contributed by atoms with Crippen LogP contribution in [0.25, 0.3) is 0 Å². The molecule has 0 heterocycles. The highest BCUT2D eigenvalue weighted by molar-refractivity contribution is 7.90. The van der Waals surface area contributed by atoms with Gasteiger partial charge in [-0.3, -0.25) is 4.79 Å². The molecule has 0 amide bonds. The smallest absolute Gasteiger partial charge is 0.318 e. The second-order valence-corrected chi connectivity index (χ2v) is 5.01. The van der Waals surface area contributed by atoms with Crippen molar-refractivity contribution in [3.63, 3.8) is 0 Å². The van der Waals surface area contributed by atoms with E-state index in [4.69, 9.17) is 10.4 Å². The summed E-state index contributed by atoms with van der Waals surface area (Å²) in [5.41, 5.74) is 0.